The van der Waals surface area contributed by atoms with E-state index in [2.05, 4.69) is 31.9 Å². The first-order valence-corrected chi connectivity index (χ1v) is 7.94. The first-order chi connectivity index (χ1) is 9.47. The molecule has 4 heteroatoms. The van der Waals surface area contributed by atoms with Gasteiger partial charge in [-0.15, -0.1) is 0 Å². The molecule has 0 unspecified atom stereocenters. The summed E-state index contributed by atoms with van der Waals surface area (Å²) in [6.07, 6.45) is 1.76. The number of rotatable bonds is 2. The molecule has 0 atom stereocenters. The standard InChI is InChI=1S/2C8H8BrF/c2*1-2-6-3-4-7(9)8(10)5-6/h2*3-5H,2H2,1H3. The van der Waals surface area contributed by atoms with Gasteiger partial charge >= 0.3 is 0 Å². The molecule has 0 bridgehead atoms. The van der Waals surface area contributed by atoms with Gasteiger partial charge in [0, 0.05) is 0 Å². The first kappa shape index (κ1) is 17.3. The molecule has 0 aliphatic carbocycles. The Morgan fingerprint density at radius 1 is 0.750 bits per heavy atom. The van der Waals surface area contributed by atoms with Crippen LogP contribution in [0.2, 0.25) is 0 Å². The summed E-state index contributed by atoms with van der Waals surface area (Å²) < 4.78 is 26.5. The maximum atomic E-state index is 12.7. The predicted octanol–water partition coefficient (Wildman–Crippen LogP) is 6.30. The topological polar surface area (TPSA) is 0 Å². The van der Waals surface area contributed by atoms with Crippen LogP contribution in [0.15, 0.2) is 45.3 Å². The third kappa shape index (κ3) is 5.33. The number of aryl methyl sites for hydroxylation is 2. The van der Waals surface area contributed by atoms with Gasteiger partial charge in [-0.05, 0) is 80.1 Å². The molecule has 0 aliphatic heterocycles. The van der Waals surface area contributed by atoms with E-state index in [1.54, 1.807) is 24.3 Å². The average molecular weight is 406 g/mol. The van der Waals surface area contributed by atoms with E-state index in [9.17, 15) is 8.78 Å². The summed E-state index contributed by atoms with van der Waals surface area (Å²) in [6.45, 7) is 4.01. The maximum Gasteiger partial charge on any atom is 0.137 e. The Bertz CT molecular complexity index is 517. The molecule has 0 fully saturated rings. The van der Waals surface area contributed by atoms with Crippen molar-refractivity contribution in [3.05, 3.63) is 68.1 Å². The minimum Gasteiger partial charge on any atom is -0.206 e. The quantitative estimate of drug-likeness (QED) is 0.549. The third-order valence-corrected chi connectivity index (χ3v) is 4.07. The zero-order valence-electron chi connectivity index (χ0n) is 11.4. The molecule has 0 heterocycles. The molecule has 0 spiro atoms. The van der Waals surface area contributed by atoms with Crippen molar-refractivity contribution in [3.63, 3.8) is 0 Å². The highest BCUT2D eigenvalue weighted by Crippen LogP contribution is 2.17. The van der Waals surface area contributed by atoms with Crippen LogP contribution >= 0.6 is 31.9 Å². The normalized spacial score (nSPS) is 9.90. The van der Waals surface area contributed by atoms with Crippen LogP contribution in [0.3, 0.4) is 0 Å². The average Bonchev–Trinajstić information content (AvgIpc) is 2.45. The molecule has 20 heavy (non-hydrogen) atoms. The second-order valence-corrected chi connectivity index (χ2v) is 5.91. The molecule has 0 saturated carbocycles. The van der Waals surface area contributed by atoms with E-state index in [1.165, 1.54) is 0 Å². The summed E-state index contributed by atoms with van der Waals surface area (Å²) in [5.41, 5.74) is 2.06. The number of hydrogen-bond donors (Lipinski definition) is 0. The Labute approximate surface area is 135 Å². The van der Waals surface area contributed by atoms with Crippen LogP contribution in [0, 0.1) is 11.6 Å². The van der Waals surface area contributed by atoms with Gasteiger partial charge in [0.05, 0.1) is 8.95 Å². The highest BCUT2D eigenvalue weighted by Gasteiger charge is 1.98. The van der Waals surface area contributed by atoms with Gasteiger partial charge in [0.1, 0.15) is 11.6 Å². The molecule has 0 aromatic heterocycles. The van der Waals surface area contributed by atoms with Crippen LogP contribution in [-0.2, 0) is 12.8 Å². The molecular weight excluding hydrogens is 390 g/mol. The molecule has 2 aromatic rings. The van der Waals surface area contributed by atoms with Crippen molar-refractivity contribution in [2.45, 2.75) is 26.7 Å². The van der Waals surface area contributed by atoms with E-state index >= 15 is 0 Å². The van der Waals surface area contributed by atoms with Gasteiger partial charge < -0.3 is 0 Å². The summed E-state index contributed by atoms with van der Waals surface area (Å²) in [7, 11) is 0. The van der Waals surface area contributed by atoms with Gasteiger partial charge in [0.2, 0.25) is 0 Å². The van der Waals surface area contributed by atoms with E-state index < -0.39 is 0 Å². The highest BCUT2D eigenvalue weighted by atomic mass is 79.9. The third-order valence-electron chi connectivity index (χ3n) is 2.78. The predicted molar refractivity (Wildman–Crippen MR) is 87.0 cm³/mol. The van der Waals surface area contributed by atoms with E-state index in [0.717, 1.165) is 24.0 Å². The van der Waals surface area contributed by atoms with Crippen molar-refractivity contribution < 1.29 is 8.78 Å². The van der Waals surface area contributed by atoms with Crippen LogP contribution in [0.25, 0.3) is 0 Å². The van der Waals surface area contributed by atoms with Gasteiger partial charge in [0.25, 0.3) is 0 Å². The lowest BCUT2D eigenvalue weighted by molar-refractivity contribution is 0.618. The fourth-order valence-electron chi connectivity index (χ4n) is 1.52. The number of hydrogen-bond acceptors (Lipinski definition) is 0. The van der Waals surface area contributed by atoms with Gasteiger partial charge in [-0.3, -0.25) is 0 Å². The summed E-state index contributed by atoms with van der Waals surface area (Å²) in [6, 6.07) is 10.4. The van der Waals surface area contributed by atoms with Gasteiger partial charge in [-0.25, -0.2) is 8.78 Å². The fourth-order valence-corrected chi connectivity index (χ4v) is 2.01. The summed E-state index contributed by atoms with van der Waals surface area (Å²) in [5.74, 6) is -0.362. The van der Waals surface area contributed by atoms with Crippen LogP contribution in [0.1, 0.15) is 25.0 Å². The van der Waals surface area contributed by atoms with E-state index in [-0.39, 0.29) is 11.6 Å². The maximum absolute atomic E-state index is 12.7. The van der Waals surface area contributed by atoms with Crippen LogP contribution < -0.4 is 0 Å². The minimum atomic E-state index is -0.181. The molecule has 0 saturated heterocycles. The zero-order chi connectivity index (χ0) is 15.1. The first-order valence-electron chi connectivity index (χ1n) is 6.35. The summed E-state index contributed by atoms with van der Waals surface area (Å²) >= 11 is 6.17. The fraction of sp³-hybridized carbons (Fsp3) is 0.250. The van der Waals surface area contributed by atoms with Crippen molar-refractivity contribution in [2.75, 3.05) is 0 Å². The van der Waals surface area contributed by atoms with E-state index in [1.807, 2.05) is 26.0 Å². The van der Waals surface area contributed by atoms with Crippen molar-refractivity contribution in [1.82, 2.24) is 0 Å². The second-order valence-electron chi connectivity index (χ2n) is 4.20. The second kappa shape index (κ2) is 8.53. The molecule has 0 N–H and O–H groups in total. The van der Waals surface area contributed by atoms with Crippen molar-refractivity contribution in [1.29, 1.82) is 0 Å². The Kier molecular flexibility index (Phi) is 7.38. The van der Waals surface area contributed by atoms with E-state index in [4.69, 9.17) is 0 Å². The van der Waals surface area contributed by atoms with Crippen molar-refractivity contribution in [2.24, 2.45) is 0 Å². The molecule has 0 aliphatic rings. The van der Waals surface area contributed by atoms with Crippen molar-refractivity contribution >= 4 is 31.9 Å². The molecule has 2 rings (SSSR count). The minimum absolute atomic E-state index is 0.181. The largest absolute Gasteiger partial charge is 0.206 e. The number of benzene rings is 2. The van der Waals surface area contributed by atoms with Gasteiger partial charge in [0.15, 0.2) is 0 Å². The van der Waals surface area contributed by atoms with E-state index in [0.29, 0.717) is 8.95 Å². The Morgan fingerprint density at radius 2 is 1.10 bits per heavy atom. The lowest BCUT2D eigenvalue weighted by Crippen LogP contribution is -1.82. The Morgan fingerprint density at radius 3 is 1.35 bits per heavy atom. The molecular formula is C16H16Br2F2. The smallest absolute Gasteiger partial charge is 0.137 e. The Balaban J connectivity index is 0.000000200. The van der Waals surface area contributed by atoms with Gasteiger partial charge in [-0.2, -0.15) is 0 Å². The summed E-state index contributed by atoms with van der Waals surface area (Å²) in [4.78, 5) is 0. The lowest BCUT2D eigenvalue weighted by Gasteiger charge is -1.96. The molecule has 108 valence electrons. The SMILES string of the molecule is CCc1ccc(Br)c(F)c1.CCc1ccc(Br)c(F)c1. The monoisotopic (exact) mass is 404 g/mol. The summed E-state index contributed by atoms with van der Waals surface area (Å²) in [5, 5.41) is 0. The number of halogens is 4. The Hall–Kier alpha value is -0.740. The lowest BCUT2D eigenvalue weighted by atomic mass is 10.2. The van der Waals surface area contributed by atoms with Crippen molar-refractivity contribution in [3.8, 4) is 0 Å². The van der Waals surface area contributed by atoms with Crippen LogP contribution in [0.4, 0.5) is 8.78 Å². The highest BCUT2D eigenvalue weighted by molar-refractivity contribution is 9.10. The molecule has 0 amide bonds. The van der Waals surface area contributed by atoms with Crippen LogP contribution in [-0.4, -0.2) is 0 Å². The molecule has 0 radical (unpaired) electrons. The van der Waals surface area contributed by atoms with Gasteiger partial charge in [-0.1, -0.05) is 26.0 Å². The molecule has 2 aromatic carbocycles. The van der Waals surface area contributed by atoms with Crippen LogP contribution in [0.5, 0.6) is 0 Å². The molecule has 0 nitrogen and oxygen atoms in total. The zero-order valence-corrected chi connectivity index (χ0v) is 14.6.